The summed E-state index contributed by atoms with van der Waals surface area (Å²) in [4.78, 5) is 6.13. The van der Waals surface area contributed by atoms with Crippen molar-refractivity contribution >= 4 is 5.82 Å². The van der Waals surface area contributed by atoms with Crippen molar-refractivity contribution < 1.29 is 4.39 Å². The van der Waals surface area contributed by atoms with Gasteiger partial charge in [-0.1, -0.05) is 13.8 Å². The van der Waals surface area contributed by atoms with Crippen molar-refractivity contribution in [3.8, 4) is 6.07 Å². The van der Waals surface area contributed by atoms with E-state index >= 15 is 0 Å². The molecule has 5 heteroatoms. The molecule has 1 aromatic rings. The van der Waals surface area contributed by atoms with Crippen LogP contribution >= 0.6 is 0 Å². The number of halogens is 1. The predicted octanol–water partition coefficient (Wildman–Crippen LogP) is 2.72. The van der Waals surface area contributed by atoms with Crippen molar-refractivity contribution in [3.05, 3.63) is 24.1 Å². The highest BCUT2D eigenvalue weighted by Gasteiger charge is 2.27. The number of nitriles is 1. The number of pyridine rings is 1. The van der Waals surface area contributed by atoms with Crippen LogP contribution in [-0.2, 0) is 0 Å². The summed E-state index contributed by atoms with van der Waals surface area (Å²) in [6.07, 6.45) is 4.10. The standard InChI is InChI=1S/C16H23FN4/c1-16(2,7-4-8-18)12-20-13-6-10-21(11-13)15-14(17)5-3-9-19-15/h3,5,9,13,20H,4,6-7,10-12H2,1-2H3. The summed E-state index contributed by atoms with van der Waals surface area (Å²) in [7, 11) is 0. The van der Waals surface area contributed by atoms with Crippen LogP contribution in [0.1, 0.15) is 33.1 Å². The van der Waals surface area contributed by atoms with E-state index < -0.39 is 0 Å². The Hall–Kier alpha value is -1.67. The van der Waals surface area contributed by atoms with Crippen LogP contribution < -0.4 is 10.2 Å². The molecule has 1 aliphatic rings. The molecule has 0 bridgehead atoms. The molecule has 2 heterocycles. The summed E-state index contributed by atoms with van der Waals surface area (Å²) in [6.45, 7) is 6.81. The van der Waals surface area contributed by atoms with E-state index in [0.29, 0.717) is 18.3 Å². The van der Waals surface area contributed by atoms with Gasteiger partial charge >= 0.3 is 0 Å². The molecular formula is C16H23FN4. The van der Waals surface area contributed by atoms with Gasteiger partial charge in [-0.05, 0) is 30.4 Å². The monoisotopic (exact) mass is 290 g/mol. The van der Waals surface area contributed by atoms with Crippen molar-refractivity contribution in [3.63, 3.8) is 0 Å². The van der Waals surface area contributed by atoms with Gasteiger partial charge in [-0.3, -0.25) is 0 Å². The molecule has 0 aliphatic carbocycles. The second kappa shape index (κ2) is 6.86. The van der Waals surface area contributed by atoms with E-state index in [-0.39, 0.29) is 11.2 Å². The Bertz CT molecular complexity index is 509. The highest BCUT2D eigenvalue weighted by molar-refractivity contribution is 5.41. The zero-order valence-electron chi connectivity index (χ0n) is 12.8. The first-order valence-corrected chi connectivity index (χ1v) is 7.48. The highest BCUT2D eigenvalue weighted by atomic mass is 19.1. The summed E-state index contributed by atoms with van der Waals surface area (Å²) >= 11 is 0. The van der Waals surface area contributed by atoms with Crippen LogP contribution in [0.5, 0.6) is 0 Å². The first kappa shape index (κ1) is 15.7. The van der Waals surface area contributed by atoms with Gasteiger partial charge in [-0.15, -0.1) is 0 Å². The quantitative estimate of drug-likeness (QED) is 0.875. The Labute approximate surface area is 126 Å². The molecule has 1 unspecified atom stereocenters. The lowest BCUT2D eigenvalue weighted by Crippen LogP contribution is -2.39. The number of anilines is 1. The Kier molecular flexibility index (Phi) is 5.13. The van der Waals surface area contributed by atoms with E-state index in [1.807, 2.05) is 4.90 Å². The Morgan fingerprint density at radius 3 is 3.10 bits per heavy atom. The van der Waals surface area contributed by atoms with Gasteiger partial charge in [-0.2, -0.15) is 5.26 Å². The molecule has 0 saturated carbocycles. The van der Waals surface area contributed by atoms with E-state index in [9.17, 15) is 4.39 Å². The molecule has 1 N–H and O–H groups in total. The van der Waals surface area contributed by atoms with E-state index in [4.69, 9.17) is 5.26 Å². The Balaban J connectivity index is 1.83. The number of hydrogen-bond acceptors (Lipinski definition) is 4. The van der Waals surface area contributed by atoms with Crippen LogP contribution in [-0.4, -0.2) is 30.7 Å². The van der Waals surface area contributed by atoms with Gasteiger partial charge in [-0.25, -0.2) is 9.37 Å². The maximum absolute atomic E-state index is 13.7. The number of hydrogen-bond donors (Lipinski definition) is 1. The van der Waals surface area contributed by atoms with Crippen LogP contribution in [0.2, 0.25) is 0 Å². The molecule has 1 aliphatic heterocycles. The van der Waals surface area contributed by atoms with Crippen LogP contribution in [0, 0.1) is 22.6 Å². The van der Waals surface area contributed by atoms with Gasteiger partial charge in [0.25, 0.3) is 0 Å². The maximum atomic E-state index is 13.7. The number of rotatable bonds is 6. The van der Waals surface area contributed by atoms with Crippen molar-refractivity contribution in [2.75, 3.05) is 24.5 Å². The van der Waals surface area contributed by atoms with Crippen LogP contribution in [0.4, 0.5) is 10.2 Å². The van der Waals surface area contributed by atoms with Crippen molar-refractivity contribution in [2.45, 2.75) is 39.2 Å². The van der Waals surface area contributed by atoms with Crippen LogP contribution in [0.25, 0.3) is 0 Å². The number of nitrogens with one attached hydrogen (secondary N) is 1. The van der Waals surface area contributed by atoms with Gasteiger partial charge in [0.05, 0.1) is 6.07 Å². The SMILES string of the molecule is CC(C)(CCC#N)CNC1CCN(c2ncccc2F)C1. The number of aromatic nitrogens is 1. The normalized spacial score (nSPS) is 18.8. The van der Waals surface area contributed by atoms with Crippen LogP contribution in [0.15, 0.2) is 18.3 Å². The summed E-state index contributed by atoms with van der Waals surface area (Å²) in [5, 5.41) is 12.2. The molecule has 0 amide bonds. The van der Waals surface area contributed by atoms with E-state index in [1.165, 1.54) is 6.07 Å². The fourth-order valence-electron chi connectivity index (χ4n) is 2.63. The smallest absolute Gasteiger partial charge is 0.165 e. The Morgan fingerprint density at radius 1 is 1.57 bits per heavy atom. The second-order valence-corrected chi connectivity index (χ2v) is 6.44. The first-order chi connectivity index (χ1) is 10.0. The van der Waals surface area contributed by atoms with Gasteiger partial charge < -0.3 is 10.2 Å². The van der Waals surface area contributed by atoms with Gasteiger partial charge in [0.2, 0.25) is 0 Å². The predicted molar refractivity (Wildman–Crippen MR) is 81.4 cm³/mol. The van der Waals surface area contributed by atoms with E-state index in [2.05, 4.69) is 30.2 Å². The fourth-order valence-corrected chi connectivity index (χ4v) is 2.63. The first-order valence-electron chi connectivity index (χ1n) is 7.48. The molecule has 0 radical (unpaired) electrons. The molecule has 2 rings (SSSR count). The highest BCUT2D eigenvalue weighted by Crippen LogP contribution is 2.23. The molecule has 1 aromatic heterocycles. The lowest BCUT2D eigenvalue weighted by atomic mass is 9.88. The minimum atomic E-state index is -0.257. The zero-order valence-corrected chi connectivity index (χ0v) is 12.8. The van der Waals surface area contributed by atoms with E-state index in [0.717, 1.165) is 32.5 Å². The second-order valence-electron chi connectivity index (χ2n) is 6.44. The number of nitrogens with zero attached hydrogens (tertiary/aromatic N) is 3. The van der Waals surface area contributed by atoms with Crippen molar-refractivity contribution in [1.82, 2.24) is 10.3 Å². The van der Waals surface area contributed by atoms with Crippen molar-refractivity contribution in [2.24, 2.45) is 5.41 Å². The maximum Gasteiger partial charge on any atom is 0.165 e. The van der Waals surface area contributed by atoms with E-state index in [1.54, 1.807) is 12.3 Å². The molecule has 1 fully saturated rings. The average Bonchev–Trinajstić information content (AvgIpc) is 2.92. The third-order valence-corrected chi connectivity index (χ3v) is 4.01. The molecule has 21 heavy (non-hydrogen) atoms. The minimum absolute atomic E-state index is 0.111. The van der Waals surface area contributed by atoms with Gasteiger partial charge in [0, 0.05) is 38.3 Å². The third-order valence-electron chi connectivity index (χ3n) is 4.01. The molecule has 0 aromatic carbocycles. The minimum Gasteiger partial charge on any atom is -0.353 e. The lowest BCUT2D eigenvalue weighted by molar-refractivity contribution is 0.303. The van der Waals surface area contributed by atoms with Gasteiger partial charge in [0.15, 0.2) is 11.6 Å². The summed E-state index contributed by atoms with van der Waals surface area (Å²) in [6, 6.07) is 5.62. The Morgan fingerprint density at radius 2 is 2.38 bits per heavy atom. The molecular weight excluding hydrogens is 267 g/mol. The summed E-state index contributed by atoms with van der Waals surface area (Å²) in [5.74, 6) is 0.193. The summed E-state index contributed by atoms with van der Waals surface area (Å²) in [5.41, 5.74) is 0.111. The molecule has 1 saturated heterocycles. The largest absolute Gasteiger partial charge is 0.353 e. The lowest BCUT2D eigenvalue weighted by Gasteiger charge is -2.26. The third kappa shape index (κ3) is 4.40. The fraction of sp³-hybridized carbons (Fsp3) is 0.625. The molecule has 4 nitrogen and oxygen atoms in total. The van der Waals surface area contributed by atoms with Crippen LogP contribution in [0.3, 0.4) is 0 Å². The molecule has 114 valence electrons. The average molecular weight is 290 g/mol. The topological polar surface area (TPSA) is 52.0 Å². The molecule has 0 spiro atoms. The summed E-state index contributed by atoms with van der Waals surface area (Å²) < 4.78 is 13.7. The molecule has 1 atom stereocenters. The van der Waals surface area contributed by atoms with Gasteiger partial charge in [0.1, 0.15) is 0 Å². The zero-order chi connectivity index (χ0) is 15.3. The van der Waals surface area contributed by atoms with Crippen molar-refractivity contribution in [1.29, 1.82) is 5.26 Å².